The predicted octanol–water partition coefficient (Wildman–Crippen LogP) is 5.07. The number of carbonyl (C=O) groups is 1. The van der Waals surface area contributed by atoms with Crippen molar-refractivity contribution >= 4 is 5.97 Å². The first-order valence-electron chi connectivity index (χ1n) is 7.64. The van der Waals surface area contributed by atoms with E-state index in [1.807, 2.05) is 20.8 Å². The van der Waals surface area contributed by atoms with Gasteiger partial charge in [-0.1, -0.05) is 47.0 Å². The van der Waals surface area contributed by atoms with E-state index in [1.165, 1.54) is 0 Å². The summed E-state index contributed by atoms with van der Waals surface area (Å²) in [6, 6.07) is 0. The maximum Gasteiger partial charge on any atom is 0.317 e. The van der Waals surface area contributed by atoms with Crippen LogP contribution >= 0.6 is 0 Å². The van der Waals surface area contributed by atoms with Gasteiger partial charge in [0.05, 0.1) is 0 Å². The van der Waals surface area contributed by atoms with Gasteiger partial charge in [0.1, 0.15) is 11.2 Å². The Morgan fingerprint density at radius 1 is 1.00 bits per heavy atom. The van der Waals surface area contributed by atoms with Crippen molar-refractivity contribution < 1.29 is 15.0 Å². The summed E-state index contributed by atoms with van der Waals surface area (Å²) in [7, 11) is 0. The van der Waals surface area contributed by atoms with Crippen molar-refractivity contribution in [3.05, 3.63) is 11.3 Å². The van der Waals surface area contributed by atoms with Crippen LogP contribution in [0.3, 0.4) is 0 Å². The van der Waals surface area contributed by atoms with Gasteiger partial charge in [-0.3, -0.25) is 4.79 Å². The molecule has 0 aliphatic heterocycles. The topological polar surface area (TPSA) is 57.5 Å². The molecule has 0 aromatic heterocycles. The van der Waals surface area contributed by atoms with E-state index in [2.05, 4.69) is 6.92 Å². The van der Waals surface area contributed by atoms with Crippen LogP contribution in [0.5, 0.6) is 0 Å². The number of hydrogen-bond acceptors (Lipinski definition) is 2. The SMILES string of the molecule is CCCCC(CC)=C(O)C(CC)(CCCC)C(=O)O. The van der Waals surface area contributed by atoms with Gasteiger partial charge in [-0.25, -0.2) is 0 Å². The van der Waals surface area contributed by atoms with Crippen molar-refractivity contribution in [2.45, 2.75) is 79.1 Å². The van der Waals surface area contributed by atoms with Gasteiger partial charge in [-0.2, -0.15) is 0 Å². The van der Waals surface area contributed by atoms with Crippen molar-refractivity contribution in [2.24, 2.45) is 5.41 Å². The normalized spacial score (nSPS) is 15.8. The molecule has 0 rings (SSSR count). The van der Waals surface area contributed by atoms with E-state index >= 15 is 0 Å². The maximum atomic E-state index is 11.7. The summed E-state index contributed by atoms with van der Waals surface area (Å²) >= 11 is 0. The Balaban J connectivity index is 5.41. The van der Waals surface area contributed by atoms with Crippen LogP contribution in [-0.4, -0.2) is 16.2 Å². The van der Waals surface area contributed by atoms with Gasteiger partial charge in [0, 0.05) is 0 Å². The molecule has 0 aromatic carbocycles. The lowest BCUT2D eigenvalue weighted by atomic mass is 9.76. The fourth-order valence-electron chi connectivity index (χ4n) is 2.49. The second-order valence-corrected chi connectivity index (χ2v) is 5.25. The minimum atomic E-state index is -1.07. The highest BCUT2D eigenvalue weighted by atomic mass is 16.4. The lowest BCUT2D eigenvalue weighted by Crippen LogP contribution is -2.33. The molecular formula is C16H30O3. The van der Waals surface area contributed by atoms with E-state index in [-0.39, 0.29) is 5.76 Å². The average Bonchev–Trinajstić information content (AvgIpc) is 2.40. The van der Waals surface area contributed by atoms with Crippen LogP contribution in [0.1, 0.15) is 79.1 Å². The summed E-state index contributed by atoms with van der Waals surface area (Å²) in [5, 5.41) is 20.1. The average molecular weight is 270 g/mol. The van der Waals surface area contributed by atoms with E-state index in [4.69, 9.17) is 0 Å². The van der Waals surface area contributed by atoms with Crippen molar-refractivity contribution in [3.8, 4) is 0 Å². The zero-order valence-corrected chi connectivity index (χ0v) is 13.0. The summed E-state index contributed by atoms with van der Waals surface area (Å²) in [6.45, 7) is 7.99. The standard InChI is InChI=1S/C16H30O3/c1-5-9-11-13(7-3)14(17)16(8-4,15(18)19)12-10-6-2/h17H,5-12H2,1-4H3,(H,18,19). The van der Waals surface area contributed by atoms with Crippen molar-refractivity contribution in [2.75, 3.05) is 0 Å². The van der Waals surface area contributed by atoms with Crippen molar-refractivity contribution in [3.63, 3.8) is 0 Å². The van der Waals surface area contributed by atoms with Crippen LogP contribution in [0.4, 0.5) is 0 Å². The predicted molar refractivity (Wildman–Crippen MR) is 79.4 cm³/mol. The second-order valence-electron chi connectivity index (χ2n) is 5.25. The molecule has 0 aliphatic carbocycles. The molecule has 0 fully saturated rings. The van der Waals surface area contributed by atoms with Gasteiger partial charge < -0.3 is 10.2 Å². The van der Waals surface area contributed by atoms with Crippen LogP contribution in [0.15, 0.2) is 11.3 Å². The van der Waals surface area contributed by atoms with Crippen molar-refractivity contribution in [1.82, 2.24) is 0 Å². The molecule has 19 heavy (non-hydrogen) atoms. The minimum absolute atomic E-state index is 0.131. The van der Waals surface area contributed by atoms with Gasteiger partial charge in [-0.05, 0) is 37.7 Å². The van der Waals surface area contributed by atoms with Gasteiger partial charge in [0.25, 0.3) is 0 Å². The molecular weight excluding hydrogens is 240 g/mol. The van der Waals surface area contributed by atoms with Gasteiger partial charge in [0.15, 0.2) is 0 Å². The number of carboxylic acid groups (broad SMARTS) is 1. The lowest BCUT2D eigenvalue weighted by Gasteiger charge is -2.29. The molecule has 0 radical (unpaired) electrons. The molecule has 1 atom stereocenters. The molecule has 0 amide bonds. The molecule has 0 aromatic rings. The molecule has 3 heteroatoms. The van der Waals surface area contributed by atoms with Crippen LogP contribution in [0, 0.1) is 5.41 Å². The molecule has 2 N–H and O–H groups in total. The number of rotatable bonds is 10. The smallest absolute Gasteiger partial charge is 0.317 e. The fourth-order valence-corrected chi connectivity index (χ4v) is 2.49. The molecule has 112 valence electrons. The summed E-state index contributed by atoms with van der Waals surface area (Å²) < 4.78 is 0. The Morgan fingerprint density at radius 2 is 1.58 bits per heavy atom. The van der Waals surface area contributed by atoms with Crippen LogP contribution in [0.2, 0.25) is 0 Å². The zero-order chi connectivity index (χ0) is 14.9. The Kier molecular flexibility index (Phi) is 8.53. The summed E-state index contributed by atoms with van der Waals surface area (Å²) in [5.41, 5.74) is -0.156. The third-order valence-corrected chi connectivity index (χ3v) is 4.02. The molecule has 0 saturated heterocycles. The summed E-state index contributed by atoms with van der Waals surface area (Å²) in [5.74, 6) is -0.754. The van der Waals surface area contributed by atoms with Crippen LogP contribution in [-0.2, 0) is 4.79 Å². The molecule has 0 aliphatic rings. The van der Waals surface area contributed by atoms with E-state index in [0.717, 1.165) is 44.1 Å². The van der Waals surface area contributed by atoms with E-state index in [9.17, 15) is 15.0 Å². The number of allylic oxidation sites excluding steroid dienone is 1. The largest absolute Gasteiger partial charge is 0.511 e. The number of carboxylic acids is 1. The molecule has 1 unspecified atom stereocenters. The number of hydrogen-bond donors (Lipinski definition) is 2. The zero-order valence-electron chi connectivity index (χ0n) is 13.0. The number of aliphatic hydroxyl groups excluding tert-OH is 1. The highest BCUT2D eigenvalue weighted by Crippen LogP contribution is 2.39. The monoisotopic (exact) mass is 270 g/mol. The molecule has 0 spiro atoms. The van der Waals surface area contributed by atoms with E-state index in [1.54, 1.807) is 0 Å². The fraction of sp³-hybridized carbons (Fsp3) is 0.812. The number of aliphatic hydroxyl groups is 1. The first-order chi connectivity index (χ1) is 8.99. The van der Waals surface area contributed by atoms with E-state index in [0.29, 0.717) is 12.8 Å². The van der Waals surface area contributed by atoms with Gasteiger partial charge >= 0.3 is 5.97 Å². The van der Waals surface area contributed by atoms with Crippen molar-refractivity contribution in [1.29, 1.82) is 0 Å². The highest BCUT2D eigenvalue weighted by Gasteiger charge is 2.41. The maximum absolute atomic E-state index is 11.7. The minimum Gasteiger partial charge on any atom is -0.511 e. The first-order valence-corrected chi connectivity index (χ1v) is 7.64. The third-order valence-electron chi connectivity index (χ3n) is 4.02. The highest BCUT2D eigenvalue weighted by molar-refractivity contribution is 5.78. The summed E-state index contributed by atoms with van der Waals surface area (Å²) in [6.07, 6.45) is 6.33. The Labute approximate surface area is 117 Å². The second kappa shape index (κ2) is 9.00. The first kappa shape index (κ1) is 18.0. The Hall–Kier alpha value is -0.990. The lowest BCUT2D eigenvalue weighted by molar-refractivity contribution is -0.149. The Bertz CT molecular complexity index is 307. The van der Waals surface area contributed by atoms with E-state index < -0.39 is 11.4 Å². The molecule has 0 bridgehead atoms. The van der Waals surface area contributed by atoms with Crippen LogP contribution < -0.4 is 0 Å². The van der Waals surface area contributed by atoms with Gasteiger partial charge in [-0.15, -0.1) is 0 Å². The number of unbranched alkanes of at least 4 members (excludes halogenated alkanes) is 2. The summed E-state index contributed by atoms with van der Waals surface area (Å²) in [4.78, 5) is 11.7. The quantitative estimate of drug-likeness (QED) is 0.545. The van der Waals surface area contributed by atoms with Gasteiger partial charge in [0.2, 0.25) is 0 Å². The molecule has 3 nitrogen and oxygen atoms in total. The third kappa shape index (κ3) is 4.55. The molecule has 0 heterocycles. The number of aliphatic carboxylic acids is 1. The Morgan fingerprint density at radius 3 is 1.95 bits per heavy atom. The van der Waals surface area contributed by atoms with Crippen LogP contribution in [0.25, 0.3) is 0 Å². The molecule has 0 saturated carbocycles.